The minimum atomic E-state index is -0.208. The van der Waals surface area contributed by atoms with E-state index >= 15 is 0 Å². The molecule has 2 N–H and O–H groups in total. The minimum absolute atomic E-state index is 0.208. The van der Waals surface area contributed by atoms with E-state index in [0.29, 0.717) is 17.6 Å². The van der Waals surface area contributed by atoms with E-state index in [1.165, 1.54) is 30.7 Å². The third-order valence-corrected chi connectivity index (χ3v) is 7.17. The van der Waals surface area contributed by atoms with Crippen LogP contribution in [0.3, 0.4) is 0 Å². The maximum atomic E-state index is 13.1. The highest BCUT2D eigenvalue weighted by Crippen LogP contribution is 2.26. The fourth-order valence-corrected chi connectivity index (χ4v) is 5.07. The Hall–Kier alpha value is -3.46. The summed E-state index contributed by atoms with van der Waals surface area (Å²) >= 11 is 5.54. The number of thiocarbonyl (C=S) groups is 1. The summed E-state index contributed by atoms with van der Waals surface area (Å²) in [7, 11) is 0. The first kappa shape index (κ1) is 25.2. The molecule has 194 valence electrons. The molecular weight excluding hydrogens is 485 g/mol. The van der Waals surface area contributed by atoms with E-state index in [0.717, 1.165) is 69.3 Å². The van der Waals surface area contributed by atoms with E-state index in [-0.39, 0.29) is 5.82 Å². The van der Waals surface area contributed by atoms with Crippen molar-refractivity contribution in [2.45, 2.75) is 25.7 Å². The second kappa shape index (κ2) is 12.2. The number of nitrogens with zero attached hydrogens (tertiary/aromatic N) is 5. The van der Waals surface area contributed by atoms with Crippen molar-refractivity contribution < 1.29 is 4.39 Å². The zero-order valence-corrected chi connectivity index (χ0v) is 21.9. The number of halogens is 1. The largest absolute Gasteiger partial charge is 0.368 e. The third kappa shape index (κ3) is 6.85. The highest BCUT2D eigenvalue weighted by molar-refractivity contribution is 7.80. The number of piperazine rings is 1. The summed E-state index contributed by atoms with van der Waals surface area (Å²) in [4.78, 5) is 16.7. The van der Waals surface area contributed by atoms with Crippen molar-refractivity contribution in [2.24, 2.45) is 0 Å². The normalized spacial score (nSPS) is 15.6. The Morgan fingerprint density at radius 3 is 2.11 bits per heavy atom. The first-order valence-electron chi connectivity index (χ1n) is 13.1. The maximum Gasteiger partial charge on any atom is 0.232 e. The molecule has 3 heterocycles. The molecule has 2 aliphatic rings. The average Bonchev–Trinajstić information content (AvgIpc) is 3.48. The van der Waals surface area contributed by atoms with Crippen molar-refractivity contribution in [3.8, 4) is 0 Å². The Balaban J connectivity index is 1.20. The van der Waals surface area contributed by atoms with Gasteiger partial charge in [-0.05, 0) is 67.7 Å². The predicted octanol–water partition coefficient (Wildman–Crippen LogP) is 4.46. The van der Waals surface area contributed by atoms with E-state index in [9.17, 15) is 4.39 Å². The van der Waals surface area contributed by atoms with Gasteiger partial charge in [-0.1, -0.05) is 30.3 Å². The fourth-order valence-electron chi connectivity index (χ4n) is 4.87. The molecule has 2 aromatic carbocycles. The first-order chi connectivity index (χ1) is 18.1. The van der Waals surface area contributed by atoms with Crippen molar-refractivity contribution in [3.63, 3.8) is 0 Å². The molecule has 2 saturated heterocycles. The van der Waals surface area contributed by atoms with Crippen LogP contribution in [-0.4, -0.2) is 60.9 Å². The molecule has 0 aliphatic carbocycles. The Labute approximate surface area is 223 Å². The van der Waals surface area contributed by atoms with Crippen molar-refractivity contribution in [3.05, 3.63) is 72.0 Å². The van der Waals surface area contributed by atoms with Crippen LogP contribution in [0.5, 0.6) is 0 Å². The summed E-state index contributed by atoms with van der Waals surface area (Å²) in [6, 6.07) is 19.3. The lowest BCUT2D eigenvalue weighted by atomic mass is 10.1. The lowest BCUT2D eigenvalue weighted by Gasteiger charge is -2.37. The van der Waals surface area contributed by atoms with Crippen LogP contribution >= 0.6 is 12.2 Å². The highest BCUT2D eigenvalue weighted by atomic mass is 32.1. The van der Waals surface area contributed by atoms with Crippen LogP contribution < -0.4 is 25.3 Å². The van der Waals surface area contributed by atoms with Crippen LogP contribution in [0.2, 0.25) is 0 Å². The molecule has 5 rings (SSSR count). The second-order valence-corrected chi connectivity index (χ2v) is 9.93. The SMILES string of the molecule is Fc1ccc(CCCNC(=S)Nc2nc(N3CCCC3)cc(N3CCN(c4ccccc4)CC3)n2)cc1. The Morgan fingerprint density at radius 2 is 1.43 bits per heavy atom. The summed E-state index contributed by atoms with van der Waals surface area (Å²) in [5, 5.41) is 6.98. The summed E-state index contributed by atoms with van der Waals surface area (Å²) in [5.74, 6) is 2.21. The van der Waals surface area contributed by atoms with Crippen LogP contribution in [0.1, 0.15) is 24.8 Å². The third-order valence-electron chi connectivity index (χ3n) is 6.92. The number of aryl methyl sites for hydroxylation is 1. The number of nitrogens with one attached hydrogen (secondary N) is 2. The Bertz CT molecular complexity index is 1160. The van der Waals surface area contributed by atoms with Gasteiger partial charge >= 0.3 is 0 Å². The van der Waals surface area contributed by atoms with Crippen LogP contribution in [0, 0.1) is 5.82 Å². The molecular formula is C28H34FN7S. The van der Waals surface area contributed by atoms with Gasteiger partial charge in [0.1, 0.15) is 17.5 Å². The number of benzene rings is 2. The van der Waals surface area contributed by atoms with Gasteiger partial charge < -0.3 is 25.3 Å². The molecule has 0 bridgehead atoms. The maximum absolute atomic E-state index is 13.1. The van der Waals surface area contributed by atoms with Gasteiger partial charge in [-0.3, -0.25) is 0 Å². The average molecular weight is 520 g/mol. The van der Waals surface area contributed by atoms with E-state index in [2.05, 4.69) is 61.7 Å². The first-order valence-corrected chi connectivity index (χ1v) is 13.5. The quantitative estimate of drug-likeness (QED) is 0.334. The molecule has 1 aromatic heterocycles. The lowest BCUT2D eigenvalue weighted by Crippen LogP contribution is -2.47. The molecule has 0 amide bonds. The number of aromatic nitrogens is 2. The van der Waals surface area contributed by atoms with Gasteiger partial charge in [0.25, 0.3) is 0 Å². The summed E-state index contributed by atoms with van der Waals surface area (Å²) < 4.78 is 13.1. The van der Waals surface area contributed by atoms with Crippen molar-refractivity contribution >= 4 is 40.6 Å². The number of hydrogen-bond donors (Lipinski definition) is 2. The number of anilines is 4. The van der Waals surface area contributed by atoms with E-state index in [4.69, 9.17) is 22.2 Å². The van der Waals surface area contributed by atoms with E-state index in [1.54, 1.807) is 0 Å². The van der Waals surface area contributed by atoms with E-state index in [1.807, 2.05) is 12.1 Å². The van der Waals surface area contributed by atoms with Gasteiger partial charge in [0, 0.05) is 57.6 Å². The minimum Gasteiger partial charge on any atom is -0.368 e. The van der Waals surface area contributed by atoms with Gasteiger partial charge in [0.15, 0.2) is 5.11 Å². The summed E-state index contributed by atoms with van der Waals surface area (Å²) in [6.45, 7) is 6.44. The fraction of sp³-hybridized carbons (Fsp3) is 0.393. The molecule has 0 radical (unpaired) electrons. The molecule has 0 saturated carbocycles. The molecule has 0 unspecified atom stereocenters. The molecule has 2 fully saturated rings. The molecule has 37 heavy (non-hydrogen) atoms. The molecule has 3 aromatic rings. The standard InChI is InChI=1S/C28H34FN7S/c29-23-12-10-22(11-13-23)7-6-14-30-28(37)33-27-31-25(35-15-4-5-16-35)21-26(32-27)36-19-17-34(18-20-36)24-8-2-1-3-9-24/h1-3,8-13,21H,4-7,14-20H2,(H2,30,31,32,33,37). The molecule has 7 nitrogen and oxygen atoms in total. The van der Waals surface area contributed by atoms with Gasteiger partial charge in [0.2, 0.25) is 5.95 Å². The van der Waals surface area contributed by atoms with Gasteiger partial charge in [-0.2, -0.15) is 9.97 Å². The van der Waals surface area contributed by atoms with Gasteiger partial charge in [0.05, 0.1) is 0 Å². The predicted molar refractivity (Wildman–Crippen MR) is 153 cm³/mol. The van der Waals surface area contributed by atoms with Crippen LogP contribution in [-0.2, 0) is 6.42 Å². The van der Waals surface area contributed by atoms with Crippen molar-refractivity contribution in [1.29, 1.82) is 0 Å². The number of hydrogen-bond acceptors (Lipinski definition) is 6. The van der Waals surface area contributed by atoms with Crippen molar-refractivity contribution in [1.82, 2.24) is 15.3 Å². The summed E-state index contributed by atoms with van der Waals surface area (Å²) in [5.41, 5.74) is 2.38. The van der Waals surface area contributed by atoms with Crippen LogP contribution in [0.4, 0.5) is 27.7 Å². The number of para-hydroxylation sites is 1. The van der Waals surface area contributed by atoms with Gasteiger partial charge in [-0.25, -0.2) is 4.39 Å². The van der Waals surface area contributed by atoms with Gasteiger partial charge in [-0.15, -0.1) is 0 Å². The zero-order chi connectivity index (χ0) is 25.5. The van der Waals surface area contributed by atoms with Crippen molar-refractivity contribution in [2.75, 3.05) is 65.8 Å². The molecule has 9 heteroatoms. The zero-order valence-electron chi connectivity index (χ0n) is 21.1. The Morgan fingerprint density at radius 1 is 0.811 bits per heavy atom. The number of rotatable bonds is 8. The molecule has 0 atom stereocenters. The second-order valence-electron chi connectivity index (χ2n) is 9.52. The topological polar surface area (TPSA) is 59.6 Å². The van der Waals surface area contributed by atoms with Crippen LogP contribution in [0.15, 0.2) is 60.7 Å². The summed E-state index contributed by atoms with van der Waals surface area (Å²) in [6.07, 6.45) is 4.12. The molecule has 0 spiro atoms. The monoisotopic (exact) mass is 519 g/mol. The smallest absolute Gasteiger partial charge is 0.232 e. The lowest BCUT2D eigenvalue weighted by molar-refractivity contribution is 0.626. The van der Waals surface area contributed by atoms with Crippen LogP contribution in [0.25, 0.3) is 0 Å². The molecule has 2 aliphatic heterocycles. The highest BCUT2D eigenvalue weighted by Gasteiger charge is 2.22. The Kier molecular flexibility index (Phi) is 8.30. The van der Waals surface area contributed by atoms with E-state index < -0.39 is 0 Å².